The third-order valence-electron chi connectivity index (χ3n) is 4.60. The molecule has 23 heavy (non-hydrogen) atoms. The Hall–Kier alpha value is -2.15. The van der Waals surface area contributed by atoms with Crippen LogP contribution in [0.1, 0.15) is 66.7 Å². The van der Waals surface area contributed by atoms with E-state index in [4.69, 9.17) is 0 Å². The lowest BCUT2D eigenvalue weighted by Crippen LogP contribution is -2.15. The largest absolute Gasteiger partial charge is 0.298 e. The van der Waals surface area contributed by atoms with Crippen molar-refractivity contribution in [2.24, 2.45) is 0 Å². The van der Waals surface area contributed by atoms with Crippen LogP contribution in [0.4, 0.5) is 0 Å². The molecule has 0 aliphatic heterocycles. The molecule has 1 heteroatoms. The maximum absolute atomic E-state index is 10.9. The number of carbonyl (C=O) groups excluding carboxylic acids is 1. The van der Waals surface area contributed by atoms with Crippen LogP contribution < -0.4 is 0 Å². The molecule has 0 spiro atoms. The lowest BCUT2D eigenvalue weighted by Gasteiger charge is -2.24. The van der Waals surface area contributed by atoms with Crippen LogP contribution in [-0.2, 0) is 11.8 Å². The summed E-state index contributed by atoms with van der Waals surface area (Å²) in [5.41, 5.74) is 5.92. The molecular weight excluding hydrogens is 280 g/mol. The van der Waals surface area contributed by atoms with Crippen LogP contribution in [-0.4, -0.2) is 6.29 Å². The van der Waals surface area contributed by atoms with E-state index in [2.05, 4.69) is 58.0 Å². The van der Waals surface area contributed by atoms with Crippen molar-refractivity contribution in [3.63, 3.8) is 0 Å². The molecule has 0 radical (unpaired) electrons. The second-order valence-corrected chi connectivity index (χ2v) is 6.68. The molecule has 2 rings (SSSR count). The normalized spacial score (nSPS) is 11.8. The van der Waals surface area contributed by atoms with Gasteiger partial charge in [0.05, 0.1) is 0 Å². The van der Waals surface area contributed by atoms with Crippen LogP contribution in [0.25, 0.3) is 12.2 Å². The van der Waals surface area contributed by atoms with Gasteiger partial charge in [-0.1, -0.05) is 76.2 Å². The highest BCUT2D eigenvalue weighted by atomic mass is 16.1. The second-order valence-electron chi connectivity index (χ2n) is 6.68. The number of aldehydes is 1. The van der Waals surface area contributed by atoms with E-state index >= 15 is 0 Å². The molecule has 120 valence electrons. The fraction of sp³-hybridized carbons (Fsp3) is 0.318. The molecular formula is C22H26O. The summed E-state index contributed by atoms with van der Waals surface area (Å²) in [4.78, 5) is 10.9. The minimum absolute atomic E-state index is 0.186. The second kappa shape index (κ2) is 7.41. The van der Waals surface area contributed by atoms with Gasteiger partial charge in [-0.25, -0.2) is 0 Å². The fourth-order valence-corrected chi connectivity index (χ4v) is 2.54. The van der Waals surface area contributed by atoms with Gasteiger partial charge in [0.15, 0.2) is 0 Å². The highest BCUT2D eigenvalue weighted by molar-refractivity contribution is 5.78. The monoisotopic (exact) mass is 306 g/mol. The first kappa shape index (κ1) is 17.2. The lowest BCUT2D eigenvalue weighted by molar-refractivity contribution is 0.112. The van der Waals surface area contributed by atoms with Gasteiger partial charge in [-0.05, 0) is 46.6 Å². The Labute approximate surface area is 140 Å². The van der Waals surface area contributed by atoms with Crippen LogP contribution in [0.15, 0.2) is 42.5 Å². The Bertz CT molecular complexity index is 708. The van der Waals surface area contributed by atoms with Crippen molar-refractivity contribution in [2.45, 2.75) is 46.0 Å². The van der Waals surface area contributed by atoms with Gasteiger partial charge in [-0.15, -0.1) is 0 Å². The number of rotatable bonds is 6. The topological polar surface area (TPSA) is 17.1 Å². The third kappa shape index (κ3) is 4.41. The first-order chi connectivity index (χ1) is 11.0. The Balaban J connectivity index is 2.36. The third-order valence-corrected chi connectivity index (χ3v) is 4.60. The van der Waals surface area contributed by atoms with Gasteiger partial charge < -0.3 is 0 Å². The van der Waals surface area contributed by atoms with Crippen molar-refractivity contribution in [2.75, 3.05) is 0 Å². The zero-order valence-electron chi connectivity index (χ0n) is 14.6. The first-order valence-electron chi connectivity index (χ1n) is 8.36. The summed E-state index contributed by atoms with van der Waals surface area (Å²) in [6.45, 7) is 9.02. The predicted octanol–water partition coefficient (Wildman–Crippen LogP) is 5.92. The van der Waals surface area contributed by atoms with Crippen molar-refractivity contribution in [1.29, 1.82) is 0 Å². The van der Waals surface area contributed by atoms with Gasteiger partial charge in [0.2, 0.25) is 0 Å². The summed E-state index contributed by atoms with van der Waals surface area (Å²) in [6.07, 6.45) is 7.25. The highest BCUT2D eigenvalue weighted by Crippen LogP contribution is 2.29. The van der Waals surface area contributed by atoms with Gasteiger partial charge in [0.25, 0.3) is 0 Å². The minimum Gasteiger partial charge on any atom is -0.298 e. The van der Waals surface area contributed by atoms with Crippen molar-refractivity contribution >= 4 is 18.4 Å². The summed E-state index contributed by atoms with van der Waals surface area (Å²) in [6, 6.07) is 14.5. The lowest BCUT2D eigenvalue weighted by atomic mass is 9.80. The Morgan fingerprint density at radius 1 is 0.913 bits per heavy atom. The average Bonchev–Trinajstić information content (AvgIpc) is 2.59. The van der Waals surface area contributed by atoms with E-state index in [0.717, 1.165) is 24.7 Å². The molecule has 0 N–H and O–H groups in total. The summed E-state index contributed by atoms with van der Waals surface area (Å²) in [7, 11) is 0. The van der Waals surface area contributed by atoms with Crippen molar-refractivity contribution < 1.29 is 4.79 Å². The van der Waals surface area contributed by atoms with Crippen LogP contribution >= 0.6 is 0 Å². The molecule has 0 aliphatic rings. The highest BCUT2D eigenvalue weighted by Gasteiger charge is 2.18. The molecule has 0 saturated carbocycles. The molecule has 0 aliphatic carbocycles. The van der Waals surface area contributed by atoms with Crippen molar-refractivity contribution in [1.82, 2.24) is 0 Å². The van der Waals surface area contributed by atoms with E-state index in [1.54, 1.807) is 0 Å². The number of hydrogen-bond donors (Lipinski definition) is 0. The molecule has 0 heterocycles. The molecule has 0 fully saturated rings. The predicted molar refractivity (Wildman–Crippen MR) is 99.9 cm³/mol. The molecule has 2 aromatic carbocycles. The summed E-state index contributed by atoms with van der Waals surface area (Å²) in [5.74, 6) is 0. The molecule has 2 aromatic rings. The van der Waals surface area contributed by atoms with Gasteiger partial charge >= 0.3 is 0 Å². The minimum atomic E-state index is 0.186. The maximum Gasteiger partial charge on any atom is 0.150 e. The summed E-state index contributed by atoms with van der Waals surface area (Å²) >= 11 is 0. The molecule has 0 unspecified atom stereocenters. The van der Waals surface area contributed by atoms with Gasteiger partial charge in [-0.3, -0.25) is 4.79 Å². The van der Waals surface area contributed by atoms with Gasteiger partial charge in [-0.2, -0.15) is 0 Å². The quantitative estimate of drug-likeness (QED) is 0.478. The van der Waals surface area contributed by atoms with Crippen molar-refractivity contribution in [3.8, 4) is 0 Å². The molecule has 0 aromatic heterocycles. The molecule has 0 saturated heterocycles. The standard InChI is InChI=1S/C22H26O/c1-5-17-12-19(15-21(14-17)22(3,4)6-2)11-10-18-8-7-9-20(13-18)16-23/h7-16H,5-6H2,1-4H3. The molecule has 0 bridgehead atoms. The fourth-order valence-electron chi connectivity index (χ4n) is 2.54. The van der Waals surface area contributed by atoms with Crippen LogP contribution in [0.3, 0.4) is 0 Å². The Morgan fingerprint density at radius 2 is 1.61 bits per heavy atom. The number of aryl methyl sites for hydroxylation is 1. The van der Waals surface area contributed by atoms with E-state index in [1.807, 2.05) is 24.3 Å². The maximum atomic E-state index is 10.9. The smallest absolute Gasteiger partial charge is 0.150 e. The molecule has 0 amide bonds. The summed E-state index contributed by atoms with van der Waals surface area (Å²) < 4.78 is 0. The number of benzene rings is 2. The number of carbonyl (C=O) groups is 1. The van der Waals surface area contributed by atoms with E-state index < -0.39 is 0 Å². The number of hydrogen-bond acceptors (Lipinski definition) is 1. The van der Waals surface area contributed by atoms with Crippen LogP contribution in [0.2, 0.25) is 0 Å². The van der Waals surface area contributed by atoms with E-state index in [-0.39, 0.29) is 5.41 Å². The zero-order valence-corrected chi connectivity index (χ0v) is 14.6. The van der Waals surface area contributed by atoms with Crippen molar-refractivity contribution in [3.05, 3.63) is 70.3 Å². The molecule has 1 nitrogen and oxygen atoms in total. The van der Waals surface area contributed by atoms with Crippen LogP contribution in [0.5, 0.6) is 0 Å². The Morgan fingerprint density at radius 3 is 2.26 bits per heavy atom. The molecule has 0 atom stereocenters. The summed E-state index contributed by atoms with van der Waals surface area (Å²) in [5, 5.41) is 0. The SMILES string of the molecule is CCc1cc(C=Cc2cccc(C=O)c2)cc(C(C)(C)CC)c1. The van der Waals surface area contributed by atoms with E-state index in [1.165, 1.54) is 16.7 Å². The Kier molecular flexibility index (Phi) is 5.54. The first-order valence-corrected chi connectivity index (χ1v) is 8.36. The van der Waals surface area contributed by atoms with E-state index in [0.29, 0.717) is 5.56 Å². The van der Waals surface area contributed by atoms with E-state index in [9.17, 15) is 4.79 Å². The van der Waals surface area contributed by atoms with Gasteiger partial charge in [0, 0.05) is 5.56 Å². The van der Waals surface area contributed by atoms with Crippen LogP contribution in [0, 0.1) is 0 Å². The zero-order chi connectivity index (χ0) is 16.9. The average molecular weight is 306 g/mol. The van der Waals surface area contributed by atoms with Gasteiger partial charge in [0.1, 0.15) is 6.29 Å².